The van der Waals surface area contributed by atoms with E-state index in [4.69, 9.17) is 0 Å². The van der Waals surface area contributed by atoms with Gasteiger partial charge in [0.1, 0.15) is 0 Å². The number of rotatable bonds is 7. The Kier molecular flexibility index (Phi) is 7.75. The molecular formula is C16H31N3O2. The van der Waals surface area contributed by atoms with Gasteiger partial charge in [0, 0.05) is 25.7 Å². The number of piperidine rings is 1. The van der Waals surface area contributed by atoms with E-state index in [0.29, 0.717) is 5.92 Å². The molecule has 1 unspecified atom stereocenters. The maximum absolute atomic E-state index is 12.0. The van der Waals surface area contributed by atoms with Gasteiger partial charge in [-0.3, -0.25) is 4.90 Å². The second-order valence-electron chi connectivity index (χ2n) is 6.63. The lowest BCUT2D eigenvalue weighted by atomic mass is 10.0. The summed E-state index contributed by atoms with van der Waals surface area (Å²) in [4.78, 5) is 14.3. The molecule has 0 aromatic heterocycles. The number of carbonyl (C=O) groups is 1. The molecule has 0 aliphatic carbocycles. The Hall–Kier alpha value is -1.07. The van der Waals surface area contributed by atoms with Crippen LogP contribution in [0.4, 0.5) is 4.79 Å². The van der Waals surface area contributed by atoms with Gasteiger partial charge in [0.15, 0.2) is 0 Å². The van der Waals surface area contributed by atoms with Gasteiger partial charge in [0.25, 0.3) is 0 Å². The van der Waals surface area contributed by atoms with Gasteiger partial charge in [-0.2, -0.15) is 0 Å². The monoisotopic (exact) mass is 297 g/mol. The van der Waals surface area contributed by atoms with Gasteiger partial charge in [-0.05, 0) is 32.1 Å². The molecule has 0 aromatic carbocycles. The van der Waals surface area contributed by atoms with Crippen molar-refractivity contribution in [2.24, 2.45) is 5.92 Å². The number of aliphatic hydroxyl groups is 1. The second kappa shape index (κ2) is 9.05. The van der Waals surface area contributed by atoms with E-state index in [1.54, 1.807) is 0 Å². The number of amides is 2. The summed E-state index contributed by atoms with van der Waals surface area (Å²) < 4.78 is 0. The molecule has 3 N–H and O–H groups in total. The van der Waals surface area contributed by atoms with Crippen LogP contribution >= 0.6 is 0 Å². The molecular weight excluding hydrogens is 266 g/mol. The zero-order chi connectivity index (χ0) is 15.8. The third-order valence-electron chi connectivity index (χ3n) is 3.73. The smallest absolute Gasteiger partial charge is 0.315 e. The van der Waals surface area contributed by atoms with Crippen molar-refractivity contribution in [3.05, 3.63) is 12.2 Å². The standard InChI is InChI=1S/C16H31N3O2/c1-12(2)9-15(11-20)18-16(21)17-14-5-7-19(8-6-14)10-13(3)4/h12,14-15,20H,3,5-11H2,1-2,4H3,(H2,17,18,21). The molecule has 0 radical (unpaired) electrons. The maximum atomic E-state index is 12.0. The first-order valence-corrected chi connectivity index (χ1v) is 7.95. The van der Waals surface area contributed by atoms with Crippen LogP contribution in [-0.4, -0.2) is 54.4 Å². The van der Waals surface area contributed by atoms with E-state index in [-0.39, 0.29) is 24.7 Å². The van der Waals surface area contributed by atoms with Gasteiger partial charge in [-0.25, -0.2) is 4.79 Å². The number of urea groups is 1. The first-order valence-electron chi connectivity index (χ1n) is 7.95. The van der Waals surface area contributed by atoms with Crippen molar-refractivity contribution in [3.8, 4) is 0 Å². The minimum absolute atomic E-state index is 0.0113. The van der Waals surface area contributed by atoms with E-state index in [9.17, 15) is 9.90 Å². The largest absolute Gasteiger partial charge is 0.394 e. The van der Waals surface area contributed by atoms with E-state index in [1.807, 2.05) is 6.92 Å². The SMILES string of the molecule is C=C(C)CN1CCC(NC(=O)NC(CO)CC(C)C)CC1. The quantitative estimate of drug-likeness (QED) is 0.627. The van der Waals surface area contributed by atoms with Crippen LogP contribution in [0.1, 0.15) is 40.0 Å². The van der Waals surface area contributed by atoms with Crippen molar-refractivity contribution in [2.75, 3.05) is 26.2 Å². The van der Waals surface area contributed by atoms with E-state index >= 15 is 0 Å². The minimum Gasteiger partial charge on any atom is -0.394 e. The molecule has 122 valence electrons. The number of nitrogens with one attached hydrogen (secondary N) is 2. The molecule has 1 aliphatic heterocycles. The highest BCUT2D eigenvalue weighted by atomic mass is 16.3. The highest BCUT2D eigenvalue weighted by Gasteiger charge is 2.21. The molecule has 1 rings (SSSR count). The summed E-state index contributed by atoms with van der Waals surface area (Å²) in [6, 6.07) is -0.0914. The molecule has 1 fully saturated rings. The lowest BCUT2D eigenvalue weighted by molar-refractivity contribution is 0.189. The maximum Gasteiger partial charge on any atom is 0.315 e. The molecule has 1 saturated heterocycles. The summed E-state index contributed by atoms with van der Waals surface area (Å²) in [6.45, 7) is 13.1. The van der Waals surface area contributed by atoms with Crippen LogP contribution in [0.15, 0.2) is 12.2 Å². The Labute approximate surface area is 128 Å². The molecule has 2 amide bonds. The molecule has 5 heteroatoms. The Bertz CT molecular complexity index is 336. The van der Waals surface area contributed by atoms with Crippen molar-refractivity contribution in [1.82, 2.24) is 15.5 Å². The first kappa shape index (κ1) is 18.0. The molecule has 0 aromatic rings. The summed E-state index contributed by atoms with van der Waals surface area (Å²) in [6.07, 6.45) is 2.73. The Balaban J connectivity index is 2.28. The fraction of sp³-hybridized carbons (Fsp3) is 0.812. The van der Waals surface area contributed by atoms with Crippen LogP contribution in [0.3, 0.4) is 0 Å². The predicted molar refractivity (Wildman–Crippen MR) is 86.3 cm³/mol. The molecule has 0 spiro atoms. The van der Waals surface area contributed by atoms with Crippen LogP contribution < -0.4 is 10.6 Å². The molecule has 1 aliphatic rings. The number of likely N-dealkylation sites (tertiary alicyclic amines) is 1. The zero-order valence-electron chi connectivity index (χ0n) is 13.7. The molecule has 5 nitrogen and oxygen atoms in total. The number of nitrogens with zero attached hydrogens (tertiary/aromatic N) is 1. The molecule has 0 saturated carbocycles. The fourth-order valence-corrected chi connectivity index (χ4v) is 2.78. The van der Waals surface area contributed by atoms with Gasteiger partial charge in [0.2, 0.25) is 0 Å². The third kappa shape index (κ3) is 7.48. The van der Waals surface area contributed by atoms with Gasteiger partial charge in [0.05, 0.1) is 12.6 Å². The highest BCUT2D eigenvalue weighted by Crippen LogP contribution is 2.11. The second-order valence-corrected chi connectivity index (χ2v) is 6.63. The lowest BCUT2D eigenvalue weighted by Gasteiger charge is -2.32. The van der Waals surface area contributed by atoms with Gasteiger partial charge in [-0.15, -0.1) is 0 Å². The van der Waals surface area contributed by atoms with Crippen molar-refractivity contribution in [3.63, 3.8) is 0 Å². The number of carbonyl (C=O) groups excluding carboxylic acids is 1. The predicted octanol–water partition coefficient (Wildman–Crippen LogP) is 1.73. The fourth-order valence-electron chi connectivity index (χ4n) is 2.78. The molecule has 0 bridgehead atoms. The summed E-state index contributed by atoms with van der Waals surface area (Å²) in [5.41, 5.74) is 1.18. The van der Waals surface area contributed by atoms with Crippen LogP contribution in [0.5, 0.6) is 0 Å². The average Bonchev–Trinajstić information content (AvgIpc) is 2.39. The summed E-state index contributed by atoms with van der Waals surface area (Å²) >= 11 is 0. The summed E-state index contributed by atoms with van der Waals surface area (Å²) in [5.74, 6) is 0.452. The Morgan fingerprint density at radius 3 is 2.48 bits per heavy atom. The summed E-state index contributed by atoms with van der Waals surface area (Å²) in [5, 5.41) is 15.2. The third-order valence-corrected chi connectivity index (χ3v) is 3.73. The zero-order valence-corrected chi connectivity index (χ0v) is 13.7. The topological polar surface area (TPSA) is 64.6 Å². The van der Waals surface area contributed by atoms with Gasteiger partial charge < -0.3 is 15.7 Å². The van der Waals surface area contributed by atoms with Crippen molar-refractivity contribution < 1.29 is 9.90 Å². The number of aliphatic hydroxyl groups excluding tert-OH is 1. The van der Waals surface area contributed by atoms with Gasteiger partial charge in [-0.1, -0.05) is 26.0 Å². The Morgan fingerprint density at radius 2 is 2.00 bits per heavy atom. The first-order chi connectivity index (χ1) is 9.90. The Morgan fingerprint density at radius 1 is 1.38 bits per heavy atom. The van der Waals surface area contributed by atoms with E-state index in [0.717, 1.165) is 38.9 Å². The number of hydrogen-bond acceptors (Lipinski definition) is 3. The lowest BCUT2D eigenvalue weighted by Crippen LogP contribution is -2.51. The van der Waals surface area contributed by atoms with Crippen LogP contribution in [0, 0.1) is 5.92 Å². The van der Waals surface area contributed by atoms with Crippen LogP contribution in [0.25, 0.3) is 0 Å². The molecule has 1 heterocycles. The van der Waals surface area contributed by atoms with Crippen LogP contribution in [0.2, 0.25) is 0 Å². The number of hydrogen-bond donors (Lipinski definition) is 3. The summed E-state index contributed by atoms with van der Waals surface area (Å²) in [7, 11) is 0. The van der Waals surface area contributed by atoms with Crippen molar-refractivity contribution in [2.45, 2.75) is 52.1 Å². The van der Waals surface area contributed by atoms with Crippen molar-refractivity contribution >= 4 is 6.03 Å². The van der Waals surface area contributed by atoms with Gasteiger partial charge >= 0.3 is 6.03 Å². The molecule has 21 heavy (non-hydrogen) atoms. The normalized spacial score (nSPS) is 18.5. The van der Waals surface area contributed by atoms with E-state index < -0.39 is 0 Å². The average molecular weight is 297 g/mol. The van der Waals surface area contributed by atoms with Crippen LogP contribution in [-0.2, 0) is 0 Å². The molecule has 1 atom stereocenters. The highest BCUT2D eigenvalue weighted by molar-refractivity contribution is 5.74. The minimum atomic E-state index is -0.159. The van der Waals surface area contributed by atoms with Crippen molar-refractivity contribution in [1.29, 1.82) is 0 Å². The van der Waals surface area contributed by atoms with E-state index in [2.05, 4.69) is 36.0 Å². The van der Waals surface area contributed by atoms with E-state index in [1.165, 1.54) is 5.57 Å².